The first-order chi connectivity index (χ1) is 7.24. The molecule has 0 radical (unpaired) electrons. The van der Waals surface area contributed by atoms with E-state index >= 15 is 0 Å². The molecule has 0 bridgehead atoms. The molecule has 1 rings (SSSR count). The van der Waals surface area contributed by atoms with Crippen LogP contribution >= 0.6 is 0 Å². The summed E-state index contributed by atoms with van der Waals surface area (Å²) in [7, 11) is 0. The van der Waals surface area contributed by atoms with Crippen LogP contribution in [0.4, 0.5) is 5.69 Å². The van der Waals surface area contributed by atoms with Gasteiger partial charge in [-0.1, -0.05) is 0 Å². The number of rotatable bonds is 6. The minimum atomic E-state index is 0.0426. The molecule has 0 aliphatic rings. The Bertz CT molecular complexity index is 302. The first-order valence-electron chi connectivity index (χ1n) is 4.91. The van der Waals surface area contributed by atoms with Gasteiger partial charge in [-0.05, 0) is 30.7 Å². The van der Waals surface area contributed by atoms with E-state index in [2.05, 4.69) is 0 Å². The molecule has 0 amide bonds. The number of ether oxygens (including phenoxy) is 2. The van der Waals surface area contributed by atoms with Gasteiger partial charge in [0.15, 0.2) is 0 Å². The fraction of sp³-hybridized carbons (Fsp3) is 0.455. The van der Waals surface area contributed by atoms with Gasteiger partial charge in [-0.3, -0.25) is 0 Å². The number of hydrogen-bond donors (Lipinski definition) is 2. The first kappa shape index (κ1) is 11.8. The summed E-state index contributed by atoms with van der Waals surface area (Å²) in [5.41, 5.74) is 7.36. The molecule has 0 aliphatic carbocycles. The number of aryl methyl sites for hydroxylation is 1. The van der Waals surface area contributed by atoms with Crippen molar-refractivity contribution in [1.29, 1.82) is 0 Å². The summed E-state index contributed by atoms with van der Waals surface area (Å²) >= 11 is 0. The minimum Gasteiger partial charge on any atom is -0.491 e. The predicted octanol–water partition coefficient (Wildman–Crippen LogP) is 0.965. The summed E-state index contributed by atoms with van der Waals surface area (Å²) in [6.07, 6.45) is 0. The fourth-order valence-electron chi connectivity index (χ4n) is 1.21. The molecule has 3 N–H and O–H groups in total. The maximum absolute atomic E-state index is 8.48. The average Bonchev–Trinajstić information content (AvgIpc) is 2.20. The Balaban J connectivity index is 2.31. The highest BCUT2D eigenvalue weighted by Gasteiger charge is 1.99. The molecular weight excluding hydrogens is 194 g/mol. The van der Waals surface area contributed by atoms with Crippen LogP contribution in [0.1, 0.15) is 5.56 Å². The molecule has 1 aromatic rings. The number of benzene rings is 1. The second kappa shape index (κ2) is 6.27. The molecule has 0 heterocycles. The Morgan fingerprint density at radius 1 is 1.27 bits per heavy atom. The monoisotopic (exact) mass is 211 g/mol. The second-order valence-electron chi connectivity index (χ2n) is 3.21. The van der Waals surface area contributed by atoms with Crippen LogP contribution in [0.3, 0.4) is 0 Å². The van der Waals surface area contributed by atoms with Crippen LogP contribution in [-0.2, 0) is 4.74 Å². The highest BCUT2D eigenvalue weighted by molar-refractivity contribution is 5.47. The quantitative estimate of drug-likeness (QED) is 0.543. The molecule has 0 saturated heterocycles. The lowest BCUT2D eigenvalue weighted by molar-refractivity contribution is 0.0704. The van der Waals surface area contributed by atoms with Crippen LogP contribution in [0.25, 0.3) is 0 Å². The van der Waals surface area contributed by atoms with Crippen molar-refractivity contribution in [3.63, 3.8) is 0 Å². The van der Waals surface area contributed by atoms with E-state index in [9.17, 15) is 0 Å². The smallest absolute Gasteiger partial charge is 0.122 e. The average molecular weight is 211 g/mol. The van der Waals surface area contributed by atoms with Gasteiger partial charge in [-0.25, -0.2) is 0 Å². The van der Waals surface area contributed by atoms with Crippen molar-refractivity contribution in [2.75, 3.05) is 32.2 Å². The normalized spacial score (nSPS) is 10.3. The topological polar surface area (TPSA) is 64.7 Å². The number of hydrogen-bond acceptors (Lipinski definition) is 4. The highest BCUT2D eigenvalue weighted by atomic mass is 16.5. The van der Waals surface area contributed by atoms with Gasteiger partial charge in [0.25, 0.3) is 0 Å². The van der Waals surface area contributed by atoms with Gasteiger partial charge in [-0.15, -0.1) is 0 Å². The van der Waals surface area contributed by atoms with E-state index in [1.165, 1.54) is 0 Å². The third kappa shape index (κ3) is 4.18. The zero-order valence-corrected chi connectivity index (χ0v) is 8.90. The van der Waals surface area contributed by atoms with Crippen molar-refractivity contribution in [3.8, 4) is 5.75 Å². The number of aliphatic hydroxyl groups is 1. The molecule has 0 aliphatic heterocycles. The van der Waals surface area contributed by atoms with Crippen LogP contribution in [0, 0.1) is 6.92 Å². The zero-order chi connectivity index (χ0) is 11.1. The van der Waals surface area contributed by atoms with Crippen LogP contribution in [0.5, 0.6) is 5.75 Å². The second-order valence-corrected chi connectivity index (χ2v) is 3.21. The summed E-state index contributed by atoms with van der Waals surface area (Å²) in [5, 5.41) is 8.48. The number of anilines is 1. The van der Waals surface area contributed by atoms with Crippen LogP contribution in [-0.4, -0.2) is 31.5 Å². The summed E-state index contributed by atoms with van der Waals surface area (Å²) in [6, 6.07) is 5.51. The van der Waals surface area contributed by atoms with Crippen LogP contribution in [0.15, 0.2) is 18.2 Å². The van der Waals surface area contributed by atoms with Gasteiger partial charge in [0.1, 0.15) is 12.4 Å². The molecule has 1 aromatic carbocycles. The predicted molar refractivity (Wildman–Crippen MR) is 59.0 cm³/mol. The maximum Gasteiger partial charge on any atom is 0.122 e. The minimum absolute atomic E-state index is 0.0426. The van der Waals surface area contributed by atoms with E-state index in [-0.39, 0.29) is 6.61 Å². The first-order valence-corrected chi connectivity index (χ1v) is 4.91. The molecular formula is C11H17NO3. The van der Waals surface area contributed by atoms with Crippen molar-refractivity contribution in [1.82, 2.24) is 0 Å². The Kier molecular flexibility index (Phi) is 4.93. The molecule has 15 heavy (non-hydrogen) atoms. The summed E-state index contributed by atoms with van der Waals surface area (Å²) in [4.78, 5) is 0. The SMILES string of the molecule is Cc1cc(N)ccc1OCCOCCO. The molecule has 0 unspecified atom stereocenters. The summed E-state index contributed by atoms with van der Waals surface area (Å²) in [5.74, 6) is 0.816. The van der Waals surface area contributed by atoms with Crippen LogP contribution < -0.4 is 10.5 Å². The van der Waals surface area contributed by atoms with Crippen molar-refractivity contribution in [2.45, 2.75) is 6.92 Å². The van der Waals surface area contributed by atoms with Gasteiger partial charge in [0.05, 0.1) is 19.8 Å². The van der Waals surface area contributed by atoms with E-state index in [0.29, 0.717) is 19.8 Å². The van der Waals surface area contributed by atoms with Crippen LogP contribution in [0.2, 0.25) is 0 Å². The van der Waals surface area contributed by atoms with Crippen molar-refractivity contribution in [3.05, 3.63) is 23.8 Å². The molecule has 84 valence electrons. The Labute approximate surface area is 89.6 Å². The largest absolute Gasteiger partial charge is 0.491 e. The zero-order valence-electron chi connectivity index (χ0n) is 8.90. The lowest BCUT2D eigenvalue weighted by Gasteiger charge is -2.09. The maximum atomic E-state index is 8.48. The third-order valence-corrected chi connectivity index (χ3v) is 1.92. The molecule has 0 fully saturated rings. The van der Waals surface area contributed by atoms with Crippen molar-refractivity contribution in [2.24, 2.45) is 0 Å². The standard InChI is InChI=1S/C11H17NO3/c1-9-8-10(12)2-3-11(9)15-7-6-14-5-4-13/h2-3,8,13H,4-7,12H2,1H3. The fourth-order valence-corrected chi connectivity index (χ4v) is 1.21. The Morgan fingerprint density at radius 3 is 2.73 bits per heavy atom. The van der Waals surface area contributed by atoms with E-state index in [4.69, 9.17) is 20.3 Å². The van der Waals surface area contributed by atoms with Gasteiger partial charge in [-0.2, -0.15) is 0 Å². The molecule has 0 spiro atoms. The Morgan fingerprint density at radius 2 is 2.07 bits per heavy atom. The molecule has 4 nitrogen and oxygen atoms in total. The van der Waals surface area contributed by atoms with Crippen molar-refractivity contribution >= 4 is 5.69 Å². The molecule has 0 atom stereocenters. The highest BCUT2D eigenvalue weighted by Crippen LogP contribution is 2.19. The number of nitrogen functional groups attached to an aromatic ring is 1. The van der Waals surface area contributed by atoms with Gasteiger partial charge in [0, 0.05) is 5.69 Å². The van der Waals surface area contributed by atoms with Gasteiger partial charge < -0.3 is 20.3 Å². The number of nitrogens with two attached hydrogens (primary N) is 1. The van der Waals surface area contributed by atoms with E-state index in [0.717, 1.165) is 17.0 Å². The lowest BCUT2D eigenvalue weighted by atomic mass is 10.2. The Hall–Kier alpha value is -1.26. The molecule has 0 saturated carbocycles. The van der Waals surface area contributed by atoms with Gasteiger partial charge >= 0.3 is 0 Å². The lowest BCUT2D eigenvalue weighted by Crippen LogP contribution is -2.09. The third-order valence-electron chi connectivity index (χ3n) is 1.92. The van der Waals surface area contributed by atoms with E-state index < -0.39 is 0 Å². The molecule has 0 aromatic heterocycles. The number of aliphatic hydroxyl groups excluding tert-OH is 1. The van der Waals surface area contributed by atoms with E-state index in [1.54, 1.807) is 6.07 Å². The van der Waals surface area contributed by atoms with E-state index in [1.807, 2.05) is 19.1 Å². The summed E-state index contributed by atoms with van der Waals surface area (Å²) < 4.78 is 10.5. The van der Waals surface area contributed by atoms with Crippen molar-refractivity contribution < 1.29 is 14.6 Å². The van der Waals surface area contributed by atoms with Gasteiger partial charge in [0.2, 0.25) is 0 Å². The summed E-state index contributed by atoms with van der Waals surface area (Å²) in [6.45, 7) is 3.29. The molecule has 4 heteroatoms.